The summed E-state index contributed by atoms with van der Waals surface area (Å²) >= 11 is 1.31. The van der Waals surface area contributed by atoms with Crippen molar-refractivity contribution in [2.24, 2.45) is 4.99 Å². The smallest absolute Gasteiger partial charge is 0.408 e. The molecule has 1 N–H and O–H groups in total. The van der Waals surface area contributed by atoms with Crippen molar-refractivity contribution in [2.75, 3.05) is 23.0 Å². The van der Waals surface area contributed by atoms with Crippen LogP contribution in [0.4, 0.5) is 10.5 Å². The van der Waals surface area contributed by atoms with Gasteiger partial charge in [0.05, 0.1) is 17.5 Å². The van der Waals surface area contributed by atoms with Crippen LogP contribution in [-0.4, -0.2) is 60.5 Å². The molecule has 3 rings (SSSR count). The minimum Gasteiger partial charge on any atom is -0.444 e. The molecule has 2 saturated heterocycles. The number of amidine groups is 1. The Labute approximate surface area is 181 Å². The second kappa shape index (κ2) is 8.22. The zero-order valence-electron chi connectivity index (χ0n) is 17.8. The molecular weight excluding hydrogens is 426 g/mol. The van der Waals surface area contributed by atoms with Gasteiger partial charge in [0, 0.05) is 10.9 Å². The number of sulfone groups is 1. The fourth-order valence-corrected chi connectivity index (χ4v) is 7.54. The van der Waals surface area contributed by atoms with E-state index in [0.717, 1.165) is 16.8 Å². The Morgan fingerprint density at radius 3 is 2.47 bits per heavy atom. The number of benzene rings is 1. The van der Waals surface area contributed by atoms with Gasteiger partial charge in [0.1, 0.15) is 12.1 Å². The maximum Gasteiger partial charge on any atom is 0.408 e. The van der Waals surface area contributed by atoms with Gasteiger partial charge < -0.3 is 15.0 Å². The Morgan fingerprint density at radius 1 is 1.23 bits per heavy atom. The summed E-state index contributed by atoms with van der Waals surface area (Å²) in [5.74, 6) is -0.433. The molecule has 0 radical (unpaired) electrons. The van der Waals surface area contributed by atoms with E-state index in [4.69, 9.17) is 4.74 Å². The average molecular weight is 454 g/mol. The number of para-hydroxylation sites is 1. The highest BCUT2D eigenvalue weighted by atomic mass is 32.2. The van der Waals surface area contributed by atoms with Crippen molar-refractivity contribution in [2.45, 2.75) is 51.5 Å². The highest BCUT2D eigenvalue weighted by Gasteiger charge is 2.49. The van der Waals surface area contributed by atoms with E-state index >= 15 is 0 Å². The second-order valence-corrected chi connectivity index (χ2v) is 11.9. The summed E-state index contributed by atoms with van der Waals surface area (Å²) in [6.07, 6.45) is -0.690. The molecule has 2 atom stereocenters. The number of nitrogens with one attached hydrogen (secondary N) is 1. The van der Waals surface area contributed by atoms with Crippen molar-refractivity contribution in [1.82, 2.24) is 5.32 Å². The molecule has 10 heteroatoms. The number of hydrogen-bond donors (Lipinski definition) is 1. The largest absolute Gasteiger partial charge is 0.444 e. The lowest BCUT2D eigenvalue weighted by Crippen LogP contribution is -2.39. The Morgan fingerprint density at radius 2 is 1.87 bits per heavy atom. The third kappa shape index (κ3) is 5.15. The van der Waals surface area contributed by atoms with Gasteiger partial charge in [-0.05, 0) is 45.7 Å². The van der Waals surface area contributed by atoms with Gasteiger partial charge in [0.15, 0.2) is 15.0 Å². The predicted molar refractivity (Wildman–Crippen MR) is 119 cm³/mol. The summed E-state index contributed by atoms with van der Waals surface area (Å²) < 4.78 is 29.5. The van der Waals surface area contributed by atoms with Crippen LogP contribution < -0.4 is 10.2 Å². The first-order valence-electron chi connectivity index (χ1n) is 9.67. The fraction of sp³-hybridized carbons (Fsp3) is 0.550. The zero-order chi connectivity index (χ0) is 22.3. The normalized spacial score (nSPS) is 24.0. The maximum absolute atomic E-state index is 12.4. The molecule has 0 spiro atoms. The number of amides is 2. The van der Waals surface area contributed by atoms with Gasteiger partial charge >= 0.3 is 6.09 Å². The first-order chi connectivity index (χ1) is 13.9. The molecule has 2 amide bonds. The van der Waals surface area contributed by atoms with Gasteiger partial charge in [-0.15, -0.1) is 0 Å². The van der Waals surface area contributed by atoms with Crippen LogP contribution in [0, 0.1) is 13.8 Å². The number of anilines is 1. The lowest BCUT2D eigenvalue weighted by molar-refractivity contribution is -0.117. The van der Waals surface area contributed by atoms with Crippen LogP contribution in [0.3, 0.4) is 0 Å². The number of carbonyl (C=O) groups excluding carboxylic acids is 2. The van der Waals surface area contributed by atoms with E-state index in [-0.39, 0.29) is 29.3 Å². The van der Waals surface area contributed by atoms with E-state index in [1.165, 1.54) is 11.8 Å². The second-order valence-electron chi connectivity index (χ2n) is 8.55. The lowest BCUT2D eigenvalue weighted by Gasteiger charge is -2.28. The first-order valence-corrected chi connectivity index (χ1v) is 12.4. The molecule has 0 aliphatic carbocycles. The van der Waals surface area contributed by atoms with E-state index in [1.807, 2.05) is 36.9 Å². The van der Waals surface area contributed by atoms with Crippen LogP contribution in [-0.2, 0) is 19.4 Å². The molecule has 2 aliphatic rings. The van der Waals surface area contributed by atoms with Crippen LogP contribution in [0.1, 0.15) is 31.9 Å². The number of aryl methyl sites for hydroxylation is 2. The third-order valence-corrected chi connectivity index (χ3v) is 7.96. The molecule has 0 aromatic heterocycles. The number of nitrogens with zero attached hydrogens (tertiary/aromatic N) is 2. The van der Waals surface area contributed by atoms with E-state index < -0.39 is 27.4 Å². The zero-order valence-corrected chi connectivity index (χ0v) is 19.4. The summed E-state index contributed by atoms with van der Waals surface area (Å²) in [6, 6.07) is 5.57. The predicted octanol–water partition coefficient (Wildman–Crippen LogP) is 2.43. The SMILES string of the molecule is Cc1cccc(C)c1N1C(=NC(=O)CNC(=O)OC(C)(C)C)S[C@H]2CS(=O)(=O)C[C@H]21. The number of carbonyl (C=O) groups is 2. The lowest BCUT2D eigenvalue weighted by atomic mass is 10.1. The highest BCUT2D eigenvalue weighted by molar-refractivity contribution is 8.16. The van der Waals surface area contributed by atoms with Crippen LogP contribution in [0.2, 0.25) is 0 Å². The van der Waals surface area contributed by atoms with Gasteiger partial charge in [0.25, 0.3) is 5.91 Å². The summed E-state index contributed by atoms with van der Waals surface area (Å²) in [6.45, 7) is 8.81. The van der Waals surface area contributed by atoms with Crippen molar-refractivity contribution in [3.05, 3.63) is 29.3 Å². The van der Waals surface area contributed by atoms with Crippen molar-refractivity contribution in [1.29, 1.82) is 0 Å². The number of alkyl carbamates (subject to hydrolysis) is 1. The third-order valence-electron chi connectivity index (χ3n) is 4.75. The molecule has 2 heterocycles. The number of aliphatic imine (C=N–C) groups is 1. The maximum atomic E-state index is 12.4. The van der Waals surface area contributed by atoms with Crippen LogP contribution >= 0.6 is 11.8 Å². The topological polar surface area (TPSA) is 105 Å². The number of hydrogen-bond acceptors (Lipinski definition) is 6. The molecule has 1 aromatic rings. The number of ether oxygens (including phenoxy) is 1. The average Bonchev–Trinajstić information content (AvgIpc) is 3.03. The van der Waals surface area contributed by atoms with Gasteiger partial charge in [-0.25, -0.2) is 13.2 Å². The van der Waals surface area contributed by atoms with Gasteiger partial charge in [-0.1, -0.05) is 30.0 Å². The Hall–Kier alpha value is -2.07. The minimum atomic E-state index is -3.14. The van der Waals surface area contributed by atoms with Crippen LogP contribution in [0.25, 0.3) is 0 Å². The van der Waals surface area contributed by atoms with Gasteiger partial charge in [-0.3, -0.25) is 4.79 Å². The molecule has 2 fully saturated rings. The van der Waals surface area contributed by atoms with Crippen molar-refractivity contribution in [3.8, 4) is 0 Å². The van der Waals surface area contributed by atoms with E-state index in [0.29, 0.717) is 5.17 Å². The molecule has 30 heavy (non-hydrogen) atoms. The molecule has 164 valence electrons. The first kappa shape index (κ1) is 22.6. The molecule has 2 aliphatic heterocycles. The number of rotatable bonds is 3. The highest BCUT2D eigenvalue weighted by Crippen LogP contribution is 2.42. The minimum absolute atomic E-state index is 0.0296. The summed E-state index contributed by atoms with van der Waals surface area (Å²) in [5.41, 5.74) is 2.17. The molecule has 0 unspecified atom stereocenters. The quantitative estimate of drug-likeness (QED) is 0.749. The Kier molecular flexibility index (Phi) is 6.20. The summed E-state index contributed by atoms with van der Waals surface area (Å²) in [5, 5.41) is 2.70. The van der Waals surface area contributed by atoms with E-state index in [2.05, 4.69) is 10.3 Å². The van der Waals surface area contributed by atoms with Crippen molar-refractivity contribution < 1.29 is 22.7 Å². The molecule has 1 aromatic carbocycles. The molecule has 0 saturated carbocycles. The monoisotopic (exact) mass is 453 g/mol. The standard InChI is InChI=1S/C20H27N3O5S2/c1-12-7-6-8-13(2)17(12)23-14-10-30(26,27)11-15(14)29-18(23)22-16(24)9-21-19(25)28-20(3,4)5/h6-8,14-15H,9-11H2,1-5H3,(H,21,25)/t14-,15+/m1/s1. The van der Waals surface area contributed by atoms with Gasteiger partial charge in [0.2, 0.25) is 0 Å². The van der Waals surface area contributed by atoms with Crippen molar-refractivity contribution >= 4 is 44.5 Å². The summed E-state index contributed by atoms with van der Waals surface area (Å²) in [7, 11) is -3.14. The Bertz CT molecular complexity index is 978. The fourth-order valence-electron chi connectivity index (χ4n) is 3.62. The molecular formula is C20H27N3O5S2. The number of fused-ring (bicyclic) bond motifs is 1. The molecule has 8 nitrogen and oxygen atoms in total. The Balaban J connectivity index is 1.84. The molecule has 0 bridgehead atoms. The van der Waals surface area contributed by atoms with Crippen LogP contribution in [0.15, 0.2) is 23.2 Å². The van der Waals surface area contributed by atoms with E-state index in [1.54, 1.807) is 20.8 Å². The van der Waals surface area contributed by atoms with Gasteiger partial charge in [-0.2, -0.15) is 4.99 Å². The number of thioether (sulfide) groups is 1. The van der Waals surface area contributed by atoms with E-state index in [9.17, 15) is 18.0 Å². The van der Waals surface area contributed by atoms with Crippen molar-refractivity contribution in [3.63, 3.8) is 0 Å². The van der Waals surface area contributed by atoms with Crippen LogP contribution in [0.5, 0.6) is 0 Å². The summed E-state index contributed by atoms with van der Waals surface area (Å²) in [4.78, 5) is 30.3.